The normalized spacial score (nSPS) is 12.7. The number of hydrogen-bond donors (Lipinski definition) is 1. The number of nitrogens with one attached hydrogen (secondary N) is 1. The number of nitrogens with zero attached hydrogens (tertiary/aromatic N) is 2. The van der Waals surface area contributed by atoms with E-state index in [9.17, 15) is 0 Å². The second-order valence-electron chi connectivity index (χ2n) is 3.59. The monoisotopic (exact) mass is 265 g/mol. The first-order valence-electron chi connectivity index (χ1n) is 4.86. The second kappa shape index (κ2) is 4.57. The molecule has 78 valence electrons. The van der Waals surface area contributed by atoms with Crippen molar-refractivity contribution in [3.63, 3.8) is 0 Å². The molecule has 1 aromatic carbocycles. The summed E-state index contributed by atoms with van der Waals surface area (Å²) in [5.41, 5.74) is 2.30. The zero-order chi connectivity index (χ0) is 10.7. The molecule has 0 saturated heterocycles. The van der Waals surface area contributed by atoms with Gasteiger partial charge in [0.25, 0.3) is 0 Å². The number of hydrogen-bond acceptors (Lipinski definition) is 2. The Morgan fingerprint density at radius 2 is 2.20 bits per heavy atom. The summed E-state index contributed by atoms with van der Waals surface area (Å²) in [6.45, 7) is 2.19. The molecular weight excluding hydrogens is 254 g/mol. The first-order chi connectivity index (χ1) is 7.27. The maximum atomic E-state index is 4.06. The van der Waals surface area contributed by atoms with Crippen molar-refractivity contribution in [1.82, 2.24) is 15.4 Å². The molecule has 0 fully saturated rings. The molecule has 0 amide bonds. The Morgan fingerprint density at radius 1 is 1.40 bits per heavy atom. The lowest BCUT2D eigenvalue weighted by atomic mass is 9.97. The van der Waals surface area contributed by atoms with Crippen LogP contribution >= 0.6 is 15.9 Å². The second-order valence-corrected chi connectivity index (χ2v) is 4.44. The third-order valence-corrected chi connectivity index (χ3v) is 3.14. The first kappa shape index (κ1) is 10.4. The maximum Gasteiger partial charge on any atom is 0.0830 e. The van der Waals surface area contributed by atoms with E-state index in [2.05, 4.69) is 56.5 Å². The van der Waals surface area contributed by atoms with Crippen LogP contribution in [0.2, 0.25) is 0 Å². The molecule has 0 bridgehead atoms. The highest BCUT2D eigenvalue weighted by atomic mass is 79.9. The summed E-state index contributed by atoms with van der Waals surface area (Å²) in [5, 5.41) is 10.5. The van der Waals surface area contributed by atoms with E-state index >= 15 is 0 Å². The Kier molecular flexibility index (Phi) is 3.16. The quantitative estimate of drug-likeness (QED) is 0.928. The molecule has 1 N–H and O–H groups in total. The summed E-state index contributed by atoms with van der Waals surface area (Å²) in [4.78, 5) is 0. The predicted molar refractivity (Wildman–Crippen MR) is 62.6 cm³/mol. The lowest BCUT2D eigenvalue weighted by Crippen LogP contribution is -1.99. The Labute approximate surface area is 97.0 Å². The van der Waals surface area contributed by atoms with Crippen molar-refractivity contribution >= 4 is 15.9 Å². The third-order valence-electron chi connectivity index (χ3n) is 2.42. The molecule has 15 heavy (non-hydrogen) atoms. The van der Waals surface area contributed by atoms with E-state index < -0.39 is 0 Å². The summed E-state index contributed by atoms with van der Waals surface area (Å²) >= 11 is 3.56. The highest BCUT2D eigenvalue weighted by Crippen LogP contribution is 2.26. The van der Waals surface area contributed by atoms with Crippen LogP contribution in [0.15, 0.2) is 34.9 Å². The van der Waals surface area contributed by atoms with Crippen LogP contribution in [-0.4, -0.2) is 15.4 Å². The van der Waals surface area contributed by atoms with Gasteiger partial charge in [-0.25, -0.2) is 0 Å². The SMILES string of the molecule is CC(Cc1cn[nH]n1)c1ccccc1Br. The van der Waals surface area contributed by atoms with Crippen LogP contribution in [0.4, 0.5) is 0 Å². The molecule has 2 rings (SSSR count). The van der Waals surface area contributed by atoms with Crippen LogP contribution in [0, 0.1) is 0 Å². The van der Waals surface area contributed by atoms with Gasteiger partial charge in [0, 0.05) is 4.47 Å². The molecule has 1 aromatic heterocycles. The molecule has 0 aliphatic heterocycles. The highest BCUT2D eigenvalue weighted by molar-refractivity contribution is 9.10. The Bertz CT molecular complexity index is 425. The molecule has 3 nitrogen and oxygen atoms in total. The van der Waals surface area contributed by atoms with E-state index in [1.807, 2.05) is 6.07 Å². The van der Waals surface area contributed by atoms with Crippen LogP contribution in [0.1, 0.15) is 24.1 Å². The number of aromatic nitrogens is 3. The average Bonchev–Trinajstić information content (AvgIpc) is 2.71. The zero-order valence-electron chi connectivity index (χ0n) is 8.44. The fraction of sp³-hybridized carbons (Fsp3) is 0.273. The van der Waals surface area contributed by atoms with Gasteiger partial charge in [0.2, 0.25) is 0 Å². The van der Waals surface area contributed by atoms with E-state index in [1.165, 1.54) is 5.56 Å². The van der Waals surface area contributed by atoms with E-state index in [0.29, 0.717) is 5.92 Å². The molecule has 1 unspecified atom stereocenters. The lowest BCUT2D eigenvalue weighted by molar-refractivity contribution is 0.732. The molecular formula is C11H12BrN3. The van der Waals surface area contributed by atoms with Crippen molar-refractivity contribution in [2.45, 2.75) is 19.3 Å². The summed E-state index contributed by atoms with van der Waals surface area (Å²) in [7, 11) is 0. The Hall–Kier alpha value is -1.16. The van der Waals surface area contributed by atoms with Crippen LogP contribution in [0.25, 0.3) is 0 Å². The lowest BCUT2D eigenvalue weighted by Gasteiger charge is -2.11. The number of rotatable bonds is 3. The minimum atomic E-state index is 0.436. The summed E-state index contributed by atoms with van der Waals surface area (Å²) < 4.78 is 1.15. The largest absolute Gasteiger partial charge is 0.198 e. The van der Waals surface area contributed by atoms with Crippen LogP contribution in [-0.2, 0) is 6.42 Å². The van der Waals surface area contributed by atoms with E-state index in [0.717, 1.165) is 16.6 Å². The fourth-order valence-electron chi connectivity index (χ4n) is 1.62. The molecule has 1 atom stereocenters. The summed E-state index contributed by atoms with van der Waals surface area (Å²) in [5.74, 6) is 0.436. The predicted octanol–water partition coefficient (Wildman–Crippen LogP) is 2.91. The molecule has 4 heteroatoms. The summed E-state index contributed by atoms with van der Waals surface area (Å²) in [6, 6.07) is 8.28. The molecule has 0 saturated carbocycles. The molecule has 0 spiro atoms. The van der Waals surface area contributed by atoms with Gasteiger partial charge < -0.3 is 0 Å². The van der Waals surface area contributed by atoms with Crippen molar-refractivity contribution < 1.29 is 0 Å². The van der Waals surface area contributed by atoms with Crippen molar-refractivity contribution in [1.29, 1.82) is 0 Å². The highest BCUT2D eigenvalue weighted by Gasteiger charge is 2.10. The van der Waals surface area contributed by atoms with Crippen molar-refractivity contribution in [3.8, 4) is 0 Å². The minimum absolute atomic E-state index is 0.436. The van der Waals surface area contributed by atoms with Crippen LogP contribution < -0.4 is 0 Å². The Morgan fingerprint density at radius 3 is 2.87 bits per heavy atom. The number of aromatic amines is 1. The number of benzene rings is 1. The molecule has 2 aromatic rings. The average molecular weight is 266 g/mol. The van der Waals surface area contributed by atoms with Crippen molar-refractivity contribution in [3.05, 3.63) is 46.2 Å². The third kappa shape index (κ3) is 2.45. The van der Waals surface area contributed by atoms with Crippen LogP contribution in [0.3, 0.4) is 0 Å². The summed E-state index contributed by atoms with van der Waals surface area (Å²) in [6.07, 6.45) is 2.67. The van der Waals surface area contributed by atoms with Gasteiger partial charge in [0.05, 0.1) is 11.9 Å². The smallest absolute Gasteiger partial charge is 0.0830 e. The molecule has 0 radical (unpaired) electrons. The van der Waals surface area contributed by atoms with Gasteiger partial charge in [-0.05, 0) is 24.0 Å². The molecule has 0 aliphatic carbocycles. The van der Waals surface area contributed by atoms with Gasteiger partial charge >= 0.3 is 0 Å². The van der Waals surface area contributed by atoms with Gasteiger partial charge in [-0.3, -0.25) is 0 Å². The minimum Gasteiger partial charge on any atom is -0.198 e. The van der Waals surface area contributed by atoms with E-state index in [-0.39, 0.29) is 0 Å². The van der Waals surface area contributed by atoms with Gasteiger partial charge in [-0.1, -0.05) is 41.1 Å². The molecule has 0 aliphatic rings. The maximum absolute atomic E-state index is 4.06. The molecule has 1 heterocycles. The number of halogens is 1. The van der Waals surface area contributed by atoms with E-state index in [4.69, 9.17) is 0 Å². The van der Waals surface area contributed by atoms with Crippen molar-refractivity contribution in [2.75, 3.05) is 0 Å². The fourth-order valence-corrected chi connectivity index (χ4v) is 2.30. The van der Waals surface area contributed by atoms with Crippen LogP contribution in [0.5, 0.6) is 0 Å². The topological polar surface area (TPSA) is 41.6 Å². The van der Waals surface area contributed by atoms with Gasteiger partial charge in [-0.15, -0.1) is 0 Å². The standard InChI is InChI=1S/C11H12BrN3/c1-8(6-9-7-13-15-14-9)10-4-2-3-5-11(10)12/h2-5,7-8H,6H2,1H3,(H,13,14,15). The van der Waals surface area contributed by atoms with Gasteiger partial charge in [0.15, 0.2) is 0 Å². The first-order valence-corrected chi connectivity index (χ1v) is 5.65. The zero-order valence-corrected chi connectivity index (χ0v) is 10.0. The Balaban J connectivity index is 2.15. The number of H-pyrrole nitrogens is 1. The van der Waals surface area contributed by atoms with E-state index in [1.54, 1.807) is 6.20 Å². The van der Waals surface area contributed by atoms with Gasteiger partial charge in [0.1, 0.15) is 0 Å². The van der Waals surface area contributed by atoms with Gasteiger partial charge in [-0.2, -0.15) is 15.4 Å². The van der Waals surface area contributed by atoms with Crippen molar-refractivity contribution in [2.24, 2.45) is 0 Å².